The zero-order valence-corrected chi connectivity index (χ0v) is 26.5. The molecule has 224 valence electrons. The molecule has 0 aliphatic carbocycles. The fraction of sp³-hybridized carbons (Fsp3) is 0.235. The van der Waals surface area contributed by atoms with E-state index in [4.69, 9.17) is 0 Å². The zero-order valence-electron chi connectivity index (χ0n) is 24.1. The lowest BCUT2D eigenvalue weighted by molar-refractivity contribution is -0.140. The molecule has 0 bridgehead atoms. The van der Waals surface area contributed by atoms with Crippen LogP contribution in [0.1, 0.15) is 30.9 Å². The average Bonchev–Trinajstić information content (AvgIpc) is 3.03. The summed E-state index contributed by atoms with van der Waals surface area (Å²) in [5.74, 6) is -0.771. The highest BCUT2D eigenvalue weighted by molar-refractivity contribution is 9.10. The van der Waals surface area contributed by atoms with Gasteiger partial charge in [-0.05, 0) is 53.9 Å². The molecule has 43 heavy (non-hydrogen) atoms. The number of anilines is 1. The summed E-state index contributed by atoms with van der Waals surface area (Å²) in [4.78, 5) is 29.7. The number of halogens is 1. The lowest BCUT2D eigenvalue weighted by atomic mass is 10.0. The Morgan fingerprint density at radius 2 is 1.42 bits per heavy atom. The van der Waals surface area contributed by atoms with E-state index in [9.17, 15) is 18.0 Å². The van der Waals surface area contributed by atoms with E-state index < -0.39 is 28.5 Å². The summed E-state index contributed by atoms with van der Waals surface area (Å²) >= 11 is 3.50. The van der Waals surface area contributed by atoms with Gasteiger partial charge in [-0.3, -0.25) is 13.9 Å². The van der Waals surface area contributed by atoms with Gasteiger partial charge in [-0.15, -0.1) is 0 Å². The van der Waals surface area contributed by atoms with Crippen LogP contribution < -0.4 is 9.62 Å². The van der Waals surface area contributed by atoms with Crippen molar-refractivity contribution in [1.29, 1.82) is 0 Å². The van der Waals surface area contributed by atoms with Crippen molar-refractivity contribution >= 4 is 43.5 Å². The number of nitrogens with zero attached hydrogens (tertiary/aromatic N) is 2. The van der Waals surface area contributed by atoms with Crippen LogP contribution in [-0.4, -0.2) is 44.3 Å². The number of benzene rings is 4. The maximum absolute atomic E-state index is 14.4. The Balaban J connectivity index is 1.76. The van der Waals surface area contributed by atoms with Gasteiger partial charge in [0.25, 0.3) is 10.0 Å². The van der Waals surface area contributed by atoms with E-state index >= 15 is 0 Å². The largest absolute Gasteiger partial charge is 0.354 e. The summed E-state index contributed by atoms with van der Waals surface area (Å²) in [6.07, 6.45) is 1.99. The van der Waals surface area contributed by atoms with Crippen LogP contribution in [0, 0.1) is 0 Å². The smallest absolute Gasteiger partial charge is 0.264 e. The number of hydrogen-bond donors (Lipinski definition) is 1. The van der Waals surface area contributed by atoms with Crippen LogP contribution in [0.3, 0.4) is 0 Å². The average molecular weight is 663 g/mol. The Labute approximate surface area is 262 Å². The quantitative estimate of drug-likeness (QED) is 0.163. The second-order valence-electron chi connectivity index (χ2n) is 10.2. The summed E-state index contributed by atoms with van der Waals surface area (Å²) in [7, 11) is -4.11. The lowest BCUT2D eigenvalue weighted by Crippen LogP contribution is -2.53. The monoisotopic (exact) mass is 661 g/mol. The van der Waals surface area contributed by atoms with Crippen molar-refractivity contribution in [2.45, 2.75) is 43.7 Å². The van der Waals surface area contributed by atoms with Crippen LogP contribution >= 0.6 is 15.9 Å². The molecule has 0 heterocycles. The van der Waals surface area contributed by atoms with E-state index in [1.165, 1.54) is 17.0 Å². The Kier molecular flexibility index (Phi) is 11.5. The number of sulfonamides is 1. The van der Waals surface area contributed by atoms with Crippen LogP contribution in [0.5, 0.6) is 0 Å². The minimum atomic E-state index is -4.11. The van der Waals surface area contributed by atoms with Crippen molar-refractivity contribution in [1.82, 2.24) is 10.2 Å². The molecule has 4 aromatic rings. The molecule has 4 rings (SSSR count). The number of carbonyl (C=O) groups excluding carboxylic acids is 2. The van der Waals surface area contributed by atoms with Crippen molar-refractivity contribution in [2.24, 2.45) is 0 Å². The highest BCUT2D eigenvalue weighted by Gasteiger charge is 2.34. The normalized spacial score (nSPS) is 11.9. The maximum atomic E-state index is 14.4. The van der Waals surface area contributed by atoms with Crippen LogP contribution in [0.4, 0.5) is 5.69 Å². The third-order valence-corrected chi connectivity index (χ3v) is 9.28. The molecule has 0 aliphatic heterocycles. The number of para-hydroxylation sites is 1. The van der Waals surface area contributed by atoms with Gasteiger partial charge in [-0.2, -0.15) is 0 Å². The predicted molar refractivity (Wildman–Crippen MR) is 174 cm³/mol. The second kappa shape index (κ2) is 15.5. The zero-order chi connectivity index (χ0) is 30.7. The molecule has 1 N–H and O–H groups in total. The fourth-order valence-corrected chi connectivity index (χ4v) is 6.62. The Morgan fingerprint density at radius 3 is 2.05 bits per heavy atom. The van der Waals surface area contributed by atoms with E-state index in [2.05, 4.69) is 21.2 Å². The molecule has 1 atom stereocenters. The highest BCUT2D eigenvalue weighted by atomic mass is 79.9. The minimum Gasteiger partial charge on any atom is -0.354 e. The van der Waals surface area contributed by atoms with Gasteiger partial charge < -0.3 is 10.2 Å². The van der Waals surface area contributed by atoms with E-state index in [0.29, 0.717) is 12.2 Å². The Hall–Kier alpha value is -3.95. The molecular formula is C34H36BrN3O4S. The molecule has 2 amide bonds. The summed E-state index contributed by atoms with van der Waals surface area (Å²) in [6, 6.07) is 32.8. The predicted octanol–water partition coefficient (Wildman–Crippen LogP) is 6.20. The van der Waals surface area contributed by atoms with E-state index in [1.807, 2.05) is 61.5 Å². The standard InChI is InChI=1S/C34H36BrN3O4S/c1-2-3-22-36-34(40)32(24-27-14-7-4-8-15-27)37(25-28-16-13-17-29(35)23-28)33(39)26-38(30-18-9-5-10-19-30)43(41,42)31-20-11-6-12-21-31/h4-21,23,32H,2-3,22,24-26H2,1H3,(H,36,40)/t32-/m0/s1. The number of rotatable bonds is 14. The van der Waals surface area contributed by atoms with Gasteiger partial charge in [0, 0.05) is 24.0 Å². The van der Waals surface area contributed by atoms with Gasteiger partial charge in [0.15, 0.2) is 0 Å². The van der Waals surface area contributed by atoms with Crippen molar-refractivity contribution in [2.75, 3.05) is 17.4 Å². The summed E-state index contributed by atoms with van der Waals surface area (Å²) in [5, 5.41) is 3.00. The molecule has 9 heteroatoms. The van der Waals surface area contributed by atoms with Crippen LogP contribution in [-0.2, 0) is 32.6 Å². The summed E-state index contributed by atoms with van der Waals surface area (Å²) < 4.78 is 29.8. The van der Waals surface area contributed by atoms with Crippen LogP contribution in [0.15, 0.2) is 125 Å². The number of amides is 2. The third kappa shape index (κ3) is 8.78. The third-order valence-electron chi connectivity index (χ3n) is 7.00. The first-order chi connectivity index (χ1) is 20.8. The number of hydrogen-bond acceptors (Lipinski definition) is 4. The molecule has 0 unspecified atom stereocenters. The van der Waals surface area contributed by atoms with Gasteiger partial charge in [-0.1, -0.05) is 108 Å². The SMILES string of the molecule is CCCCNC(=O)[C@H](Cc1ccccc1)N(Cc1cccc(Br)c1)C(=O)CN(c1ccccc1)S(=O)(=O)c1ccccc1. The van der Waals surface area contributed by atoms with Crippen LogP contribution in [0.25, 0.3) is 0 Å². The fourth-order valence-electron chi connectivity index (χ4n) is 4.73. The molecule has 7 nitrogen and oxygen atoms in total. The highest BCUT2D eigenvalue weighted by Crippen LogP contribution is 2.25. The van der Waals surface area contributed by atoms with E-state index in [-0.39, 0.29) is 23.8 Å². The molecular weight excluding hydrogens is 626 g/mol. The van der Waals surface area contributed by atoms with Crippen molar-refractivity contribution < 1.29 is 18.0 Å². The molecule has 0 aromatic heterocycles. The Bertz CT molecular complexity index is 1590. The summed E-state index contributed by atoms with van der Waals surface area (Å²) in [6.45, 7) is 2.16. The molecule has 0 radical (unpaired) electrons. The second-order valence-corrected chi connectivity index (χ2v) is 12.9. The molecule has 4 aromatic carbocycles. The van der Waals surface area contributed by atoms with Gasteiger partial charge in [0.2, 0.25) is 11.8 Å². The van der Waals surface area contributed by atoms with Gasteiger partial charge in [0.1, 0.15) is 12.6 Å². The number of nitrogens with one attached hydrogen (secondary N) is 1. The molecule has 0 saturated carbocycles. The summed E-state index contributed by atoms with van der Waals surface area (Å²) in [5.41, 5.74) is 2.05. The van der Waals surface area contributed by atoms with Crippen molar-refractivity contribution in [3.8, 4) is 0 Å². The molecule has 0 aliphatic rings. The minimum absolute atomic E-state index is 0.0725. The first kappa shape index (κ1) is 32.0. The number of carbonyl (C=O) groups is 2. The van der Waals surface area contributed by atoms with Crippen molar-refractivity contribution in [3.63, 3.8) is 0 Å². The molecule has 0 spiro atoms. The number of unbranched alkanes of at least 4 members (excludes halogenated alkanes) is 1. The molecule has 0 fully saturated rings. The van der Waals surface area contributed by atoms with Gasteiger partial charge >= 0.3 is 0 Å². The first-order valence-electron chi connectivity index (χ1n) is 14.3. The maximum Gasteiger partial charge on any atom is 0.264 e. The van der Waals surface area contributed by atoms with Crippen molar-refractivity contribution in [3.05, 3.63) is 131 Å². The lowest BCUT2D eigenvalue weighted by Gasteiger charge is -2.34. The topological polar surface area (TPSA) is 86.8 Å². The van der Waals surface area contributed by atoms with E-state index in [0.717, 1.165) is 32.7 Å². The van der Waals surface area contributed by atoms with Gasteiger partial charge in [-0.25, -0.2) is 8.42 Å². The first-order valence-corrected chi connectivity index (χ1v) is 16.5. The van der Waals surface area contributed by atoms with E-state index in [1.54, 1.807) is 48.5 Å². The van der Waals surface area contributed by atoms with Crippen LogP contribution in [0.2, 0.25) is 0 Å². The molecule has 0 saturated heterocycles. The Morgan fingerprint density at radius 1 is 0.814 bits per heavy atom. The van der Waals surface area contributed by atoms with Gasteiger partial charge in [0.05, 0.1) is 10.6 Å².